The molecule has 0 spiro atoms. The van der Waals surface area contributed by atoms with Crippen molar-refractivity contribution in [1.82, 2.24) is 5.32 Å². The van der Waals surface area contributed by atoms with Crippen LogP contribution in [0.25, 0.3) is 72.3 Å². The number of allylic oxidation sites excluding steroid dienone is 6. The molecule has 0 saturated heterocycles. The van der Waals surface area contributed by atoms with Crippen molar-refractivity contribution in [3.8, 4) is 33.4 Å². The predicted molar refractivity (Wildman–Crippen MR) is 240 cm³/mol. The highest BCUT2D eigenvalue weighted by Gasteiger charge is 2.36. The fourth-order valence-corrected chi connectivity index (χ4v) is 9.55. The average molecular weight is 718 g/mol. The Morgan fingerprint density at radius 3 is 2.25 bits per heavy atom. The zero-order valence-corrected chi connectivity index (χ0v) is 32.1. The Hall–Kier alpha value is -6.70. The minimum Gasteiger partial charge on any atom is -0.374 e. The van der Waals surface area contributed by atoms with E-state index in [1.807, 2.05) is 6.08 Å². The van der Waals surface area contributed by atoms with Crippen LogP contribution in [0.15, 0.2) is 188 Å². The molecule has 0 fully saturated rings. The highest BCUT2D eigenvalue weighted by Crippen LogP contribution is 2.51. The lowest BCUT2D eigenvalue weighted by molar-refractivity contribution is 0.660. The number of fused-ring (bicyclic) bond motifs is 6. The topological polar surface area (TPSA) is 12.0 Å². The summed E-state index contributed by atoms with van der Waals surface area (Å²) in [6.45, 7) is 11.1. The molecule has 0 bridgehead atoms. The minimum atomic E-state index is -0.116. The van der Waals surface area contributed by atoms with E-state index >= 15 is 0 Å². The van der Waals surface area contributed by atoms with Crippen LogP contribution in [-0.2, 0) is 5.41 Å². The molecule has 3 aliphatic rings. The predicted octanol–water partition coefficient (Wildman–Crippen LogP) is 14.0. The van der Waals surface area contributed by atoms with Crippen molar-refractivity contribution in [3.05, 3.63) is 222 Å². The van der Waals surface area contributed by atoms with Gasteiger partial charge in [0.1, 0.15) is 0 Å². The van der Waals surface area contributed by atoms with Gasteiger partial charge in [-0.05, 0) is 119 Å². The number of benzene rings is 7. The van der Waals surface area contributed by atoms with Crippen LogP contribution < -0.4 is 5.32 Å². The van der Waals surface area contributed by atoms with Crippen molar-refractivity contribution in [2.45, 2.75) is 32.2 Å². The van der Waals surface area contributed by atoms with Crippen LogP contribution in [-0.4, -0.2) is 6.04 Å². The van der Waals surface area contributed by atoms with Gasteiger partial charge in [-0.3, -0.25) is 0 Å². The van der Waals surface area contributed by atoms with Gasteiger partial charge in [0.05, 0.1) is 6.04 Å². The van der Waals surface area contributed by atoms with Gasteiger partial charge in [-0.1, -0.05) is 184 Å². The summed E-state index contributed by atoms with van der Waals surface area (Å²) in [6.07, 6.45) is 17.5. The van der Waals surface area contributed by atoms with Crippen molar-refractivity contribution >= 4 is 38.9 Å². The maximum Gasteiger partial charge on any atom is 0.0707 e. The summed E-state index contributed by atoms with van der Waals surface area (Å²) >= 11 is 0. The maximum absolute atomic E-state index is 4.11. The lowest BCUT2D eigenvalue weighted by Gasteiger charge is -2.31. The summed E-state index contributed by atoms with van der Waals surface area (Å²) < 4.78 is 0. The monoisotopic (exact) mass is 717 g/mol. The van der Waals surface area contributed by atoms with Gasteiger partial charge in [0.15, 0.2) is 0 Å². The molecule has 0 aromatic heterocycles. The maximum atomic E-state index is 4.11. The second-order valence-electron chi connectivity index (χ2n) is 15.8. The molecule has 1 aliphatic heterocycles. The molecule has 1 heterocycles. The Kier molecular flexibility index (Phi) is 8.01. The third-order valence-electron chi connectivity index (χ3n) is 12.3. The highest BCUT2D eigenvalue weighted by molar-refractivity contribution is 6.11. The largest absolute Gasteiger partial charge is 0.374 e. The number of hydrogen-bond acceptors (Lipinski definition) is 1. The van der Waals surface area contributed by atoms with E-state index in [-0.39, 0.29) is 11.5 Å². The Morgan fingerprint density at radius 2 is 1.38 bits per heavy atom. The first-order valence-electron chi connectivity index (χ1n) is 19.7. The van der Waals surface area contributed by atoms with Gasteiger partial charge < -0.3 is 5.32 Å². The van der Waals surface area contributed by atoms with E-state index in [4.69, 9.17) is 0 Å². The van der Waals surface area contributed by atoms with Gasteiger partial charge in [-0.15, -0.1) is 0 Å². The molecular weight excluding hydrogens is 675 g/mol. The molecule has 1 N–H and O–H groups in total. The van der Waals surface area contributed by atoms with Crippen LogP contribution in [0.5, 0.6) is 0 Å². The first-order chi connectivity index (χ1) is 27.4. The number of hydrogen-bond donors (Lipinski definition) is 1. The summed E-state index contributed by atoms with van der Waals surface area (Å²) in [7, 11) is 0. The van der Waals surface area contributed by atoms with E-state index in [1.165, 1.54) is 99.5 Å². The zero-order valence-electron chi connectivity index (χ0n) is 32.1. The van der Waals surface area contributed by atoms with Crippen LogP contribution in [0.1, 0.15) is 47.2 Å². The second kappa shape index (κ2) is 13.3. The average Bonchev–Trinajstić information content (AvgIpc) is 3.47. The first kappa shape index (κ1) is 33.8. The Bertz CT molecular complexity index is 2920. The number of dihydropyridines is 1. The van der Waals surface area contributed by atoms with Crippen molar-refractivity contribution < 1.29 is 0 Å². The van der Waals surface area contributed by atoms with E-state index < -0.39 is 0 Å². The van der Waals surface area contributed by atoms with Gasteiger partial charge in [0.2, 0.25) is 0 Å². The second-order valence-corrected chi connectivity index (χ2v) is 15.8. The standard InChI is InChI=1S/C55H43N/c1-5-6-21-40-35(2)53(52-34-47(37-17-8-7-9-18-37)45-24-13-15-27-51(45)56-52)46-31-28-38(42-25-16-20-36-19-10-11-22-41(36)42)32-48(46)54(40)39-29-30-44-43-23-12-14-26-49(43)55(3,4)50(44)33-39/h5-34,51,56H,1H2,2-4H3/b21-6-. The first-order valence-corrected chi connectivity index (χ1v) is 19.7. The molecular formula is C55H43N. The zero-order chi connectivity index (χ0) is 38.0. The van der Waals surface area contributed by atoms with Crippen molar-refractivity contribution in [3.63, 3.8) is 0 Å². The molecule has 268 valence electrons. The summed E-state index contributed by atoms with van der Waals surface area (Å²) in [5.74, 6) is 0. The molecule has 7 aromatic rings. The van der Waals surface area contributed by atoms with Crippen LogP contribution in [0.3, 0.4) is 0 Å². The van der Waals surface area contributed by atoms with E-state index in [9.17, 15) is 0 Å². The van der Waals surface area contributed by atoms with E-state index in [0.29, 0.717) is 0 Å². The van der Waals surface area contributed by atoms with Gasteiger partial charge in [-0.2, -0.15) is 0 Å². The van der Waals surface area contributed by atoms with Crippen molar-refractivity contribution in [2.75, 3.05) is 0 Å². The van der Waals surface area contributed by atoms with Crippen molar-refractivity contribution in [1.29, 1.82) is 0 Å². The summed E-state index contributed by atoms with van der Waals surface area (Å²) in [4.78, 5) is 0. The molecule has 1 heteroatoms. The quantitative estimate of drug-likeness (QED) is 0.169. The molecule has 1 nitrogen and oxygen atoms in total. The summed E-state index contributed by atoms with van der Waals surface area (Å²) in [5, 5.41) is 8.95. The molecule has 7 aromatic carbocycles. The van der Waals surface area contributed by atoms with Crippen LogP contribution >= 0.6 is 0 Å². The van der Waals surface area contributed by atoms with Crippen LogP contribution in [0.4, 0.5) is 0 Å². The fraction of sp³-hybridized carbons (Fsp3) is 0.0909. The molecule has 0 radical (unpaired) electrons. The molecule has 2 aliphatic carbocycles. The lowest BCUT2D eigenvalue weighted by atomic mass is 9.79. The van der Waals surface area contributed by atoms with E-state index in [1.54, 1.807) is 0 Å². The normalized spacial score (nSPS) is 16.5. The minimum absolute atomic E-state index is 0.0621. The SMILES string of the molecule is C=C/C=C\c1c(C)c(C2=CC(c3ccccc3)=C3C=CC=CC3N2)c2ccc(-c3cccc4ccccc34)cc2c1-c1ccc2c(c1)C(C)(C)c1ccccc1-2. The Balaban J connectivity index is 1.29. The van der Waals surface area contributed by atoms with Gasteiger partial charge >= 0.3 is 0 Å². The molecule has 0 saturated carbocycles. The van der Waals surface area contributed by atoms with Gasteiger partial charge in [0.25, 0.3) is 0 Å². The van der Waals surface area contributed by atoms with E-state index in [0.717, 1.165) is 5.70 Å². The Morgan fingerprint density at radius 1 is 0.625 bits per heavy atom. The number of rotatable bonds is 6. The molecule has 56 heavy (non-hydrogen) atoms. The summed E-state index contributed by atoms with van der Waals surface area (Å²) in [5.41, 5.74) is 18.7. The smallest absolute Gasteiger partial charge is 0.0707 e. The third kappa shape index (κ3) is 5.30. The highest BCUT2D eigenvalue weighted by atomic mass is 14.9. The van der Waals surface area contributed by atoms with Crippen LogP contribution in [0.2, 0.25) is 0 Å². The molecule has 1 atom stereocenters. The fourth-order valence-electron chi connectivity index (χ4n) is 9.55. The van der Waals surface area contributed by atoms with Crippen LogP contribution in [0, 0.1) is 6.92 Å². The lowest BCUT2D eigenvalue weighted by Crippen LogP contribution is -2.32. The van der Waals surface area contributed by atoms with Crippen molar-refractivity contribution in [2.24, 2.45) is 0 Å². The van der Waals surface area contributed by atoms with Gasteiger partial charge in [-0.25, -0.2) is 0 Å². The Labute approximate surface area is 330 Å². The molecule has 0 amide bonds. The molecule has 1 unspecified atom stereocenters. The molecule has 10 rings (SSSR count). The summed E-state index contributed by atoms with van der Waals surface area (Å²) in [6, 6.07) is 49.4. The third-order valence-corrected chi connectivity index (χ3v) is 12.3. The van der Waals surface area contributed by atoms with Gasteiger partial charge in [0, 0.05) is 16.7 Å². The number of nitrogens with one attached hydrogen (secondary N) is 1. The van der Waals surface area contributed by atoms with E-state index in [2.05, 4.69) is 209 Å².